The molecule has 23 heavy (non-hydrogen) atoms. The van der Waals surface area contributed by atoms with Gasteiger partial charge in [-0.1, -0.05) is 55.3 Å². The zero-order valence-electron chi connectivity index (χ0n) is 13.9. The van der Waals surface area contributed by atoms with Gasteiger partial charge >= 0.3 is 0 Å². The van der Waals surface area contributed by atoms with Crippen LogP contribution in [0.4, 0.5) is 0 Å². The van der Waals surface area contributed by atoms with Gasteiger partial charge in [-0.05, 0) is 49.2 Å². The van der Waals surface area contributed by atoms with Crippen molar-refractivity contribution in [2.24, 2.45) is 0 Å². The molecule has 0 bridgehead atoms. The van der Waals surface area contributed by atoms with Crippen molar-refractivity contribution < 1.29 is 4.79 Å². The zero-order valence-corrected chi connectivity index (χ0v) is 13.9. The summed E-state index contributed by atoms with van der Waals surface area (Å²) < 4.78 is 0. The summed E-state index contributed by atoms with van der Waals surface area (Å²) in [5.74, 6) is 0.132. The van der Waals surface area contributed by atoms with Gasteiger partial charge in [0.25, 0.3) is 0 Å². The van der Waals surface area contributed by atoms with Crippen molar-refractivity contribution in [1.82, 2.24) is 10.2 Å². The second-order valence-corrected chi connectivity index (χ2v) is 6.55. The SMILES string of the molecule is C[C@@H](NC(=O)CN1CCCCCC1)c1cccc2ccccc12. The summed E-state index contributed by atoms with van der Waals surface area (Å²) in [6, 6.07) is 14.7. The summed E-state index contributed by atoms with van der Waals surface area (Å²) in [4.78, 5) is 14.7. The van der Waals surface area contributed by atoms with Gasteiger partial charge in [0, 0.05) is 0 Å². The van der Waals surface area contributed by atoms with Crippen LogP contribution in [0.5, 0.6) is 0 Å². The largest absolute Gasteiger partial charge is 0.348 e. The Kier molecular flexibility index (Phi) is 5.29. The van der Waals surface area contributed by atoms with Crippen molar-refractivity contribution in [2.45, 2.75) is 38.6 Å². The van der Waals surface area contributed by atoms with Crippen molar-refractivity contribution in [3.8, 4) is 0 Å². The molecule has 2 aromatic carbocycles. The number of carbonyl (C=O) groups is 1. The van der Waals surface area contributed by atoms with Crippen LogP contribution < -0.4 is 5.32 Å². The van der Waals surface area contributed by atoms with Gasteiger partial charge in [-0.25, -0.2) is 0 Å². The van der Waals surface area contributed by atoms with Gasteiger partial charge in [-0.15, -0.1) is 0 Å². The zero-order chi connectivity index (χ0) is 16.1. The molecule has 0 aliphatic carbocycles. The molecule has 1 fully saturated rings. The smallest absolute Gasteiger partial charge is 0.234 e. The minimum Gasteiger partial charge on any atom is -0.348 e. The molecule has 1 amide bonds. The predicted octanol–water partition coefficient (Wildman–Crippen LogP) is 3.89. The maximum absolute atomic E-state index is 12.4. The van der Waals surface area contributed by atoms with E-state index in [9.17, 15) is 4.79 Å². The molecule has 1 aliphatic rings. The Morgan fingerprint density at radius 2 is 1.74 bits per heavy atom. The van der Waals surface area contributed by atoms with Gasteiger partial charge < -0.3 is 5.32 Å². The van der Waals surface area contributed by atoms with Crippen LogP contribution in [-0.4, -0.2) is 30.4 Å². The Morgan fingerprint density at radius 1 is 1.04 bits per heavy atom. The number of fused-ring (bicyclic) bond motifs is 1. The van der Waals surface area contributed by atoms with Gasteiger partial charge in [0.1, 0.15) is 0 Å². The summed E-state index contributed by atoms with van der Waals surface area (Å²) in [6.45, 7) is 4.70. The maximum atomic E-state index is 12.4. The minimum atomic E-state index is 0.0283. The minimum absolute atomic E-state index is 0.0283. The number of hydrogen-bond acceptors (Lipinski definition) is 2. The molecule has 1 atom stereocenters. The quantitative estimate of drug-likeness (QED) is 0.929. The Labute approximate surface area is 138 Å². The molecule has 0 unspecified atom stereocenters. The molecule has 3 heteroatoms. The molecule has 122 valence electrons. The maximum Gasteiger partial charge on any atom is 0.234 e. The van der Waals surface area contributed by atoms with Gasteiger partial charge in [0.05, 0.1) is 12.6 Å². The normalized spacial score (nSPS) is 17.6. The summed E-state index contributed by atoms with van der Waals surface area (Å²) in [6.07, 6.45) is 5.02. The molecular formula is C20H26N2O. The molecule has 3 nitrogen and oxygen atoms in total. The van der Waals surface area contributed by atoms with Gasteiger partial charge in [-0.2, -0.15) is 0 Å². The first-order chi connectivity index (χ1) is 11.2. The van der Waals surface area contributed by atoms with Crippen molar-refractivity contribution >= 4 is 16.7 Å². The second kappa shape index (κ2) is 7.60. The number of carbonyl (C=O) groups excluding carboxylic acids is 1. The summed E-state index contributed by atoms with van der Waals surface area (Å²) in [5, 5.41) is 5.62. The second-order valence-electron chi connectivity index (χ2n) is 6.55. The van der Waals surface area contributed by atoms with E-state index in [1.165, 1.54) is 42.0 Å². The fraction of sp³-hybridized carbons (Fsp3) is 0.450. The third kappa shape index (κ3) is 4.11. The first kappa shape index (κ1) is 16.0. The van der Waals surface area contributed by atoms with E-state index in [2.05, 4.69) is 59.6 Å². The third-order valence-corrected chi connectivity index (χ3v) is 4.73. The molecule has 0 aromatic heterocycles. The number of hydrogen-bond donors (Lipinski definition) is 1. The number of nitrogens with zero attached hydrogens (tertiary/aromatic N) is 1. The lowest BCUT2D eigenvalue weighted by Gasteiger charge is -2.22. The average Bonchev–Trinajstić information content (AvgIpc) is 2.82. The molecule has 1 aliphatic heterocycles. The highest BCUT2D eigenvalue weighted by molar-refractivity contribution is 5.87. The fourth-order valence-corrected chi connectivity index (χ4v) is 3.49. The Hall–Kier alpha value is -1.87. The highest BCUT2D eigenvalue weighted by Gasteiger charge is 2.16. The highest BCUT2D eigenvalue weighted by atomic mass is 16.2. The van der Waals surface area contributed by atoms with Crippen LogP contribution in [0, 0.1) is 0 Å². The van der Waals surface area contributed by atoms with E-state index in [1.54, 1.807) is 0 Å². The Balaban J connectivity index is 1.65. The first-order valence-electron chi connectivity index (χ1n) is 8.73. The molecule has 3 rings (SSSR count). The summed E-state index contributed by atoms with van der Waals surface area (Å²) in [5.41, 5.74) is 1.19. The van der Waals surface area contributed by atoms with Crippen molar-refractivity contribution in [3.63, 3.8) is 0 Å². The standard InChI is InChI=1S/C20H26N2O/c1-16(18-12-8-10-17-9-4-5-11-19(17)18)21-20(23)15-22-13-6-2-3-7-14-22/h4-5,8-12,16H,2-3,6-7,13-15H2,1H3,(H,21,23)/t16-/m1/s1. The van der Waals surface area contributed by atoms with Gasteiger partial charge in [0.2, 0.25) is 5.91 Å². The molecule has 2 aromatic rings. The van der Waals surface area contributed by atoms with Crippen LogP contribution in [0.2, 0.25) is 0 Å². The lowest BCUT2D eigenvalue weighted by atomic mass is 10.00. The van der Waals surface area contributed by atoms with Crippen LogP contribution in [0.3, 0.4) is 0 Å². The lowest BCUT2D eigenvalue weighted by molar-refractivity contribution is -0.122. The van der Waals surface area contributed by atoms with E-state index in [4.69, 9.17) is 0 Å². The van der Waals surface area contributed by atoms with E-state index < -0.39 is 0 Å². The summed E-state index contributed by atoms with van der Waals surface area (Å²) in [7, 11) is 0. The Bertz CT molecular complexity index is 654. The number of benzene rings is 2. The molecule has 1 heterocycles. The van der Waals surface area contributed by atoms with Crippen LogP contribution >= 0.6 is 0 Å². The van der Waals surface area contributed by atoms with Crippen LogP contribution in [0.15, 0.2) is 42.5 Å². The third-order valence-electron chi connectivity index (χ3n) is 4.73. The number of likely N-dealkylation sites (tertiary alicyclic amines) is 1. The van der Waals surface area contributed by atoms with E-state index in [1.807, 2.05) is 0 Å². The molecule has 1 saturated heterocycles. The number of amides is 1. The molecule has 0 saturated carbocycles. The molecule has 1 N–H and O–H groups in total. The monoisotopic (exact) mass is 310 g/mol. The lowest BCUT2D eigenvalue weighted by Crippen LogP contribution is -2.38. The molecular weight excluding hydrogens is 284 g/mol. The van der Waals surface area contributed by atoms with Crippen LogP contribution in [0.25, 0.3) is 10.8 Å². The fourth-order valence-electron chi connectivity index (χ4n) is 3.49. The van der Waals surface area contributed by atoms with E-state index in [-0.39, 0.29) is 11.9 Å². The number of nitrogens with one attached hydrogen (secondary N) is 1. The Morgan fingerprint density at radius 3 is 2.52 bits per heavy atom. The van der Waals surface area contributed by atoms with E-state index in [0.29, 0.717) is 6.54 Å². The van der Waals surface area contributed by atoms with Crippen molar-refractivity contribution in [1.29, 1.82) is 0 Å². The van der Waals surface area contributed by atoms with Gasteiger partial charge in [0.15, 0.2) is 0 Å². The van der Waals surface area contributed by atoms with Crippen LogP contribution in [0.1, 0.15) is 44.2 Å². The van der Waals surface area contributed by atoms with E-state index >= 15 is 0 Å². The van der Waals surface area contributed by atoms with Crippen molar-refractivity contribution in [3.05, 3.63) is 48.0 Å². The highest BCUT2D eigenvalue weighted by Crippen LogP contribution is 2.24. The predicted molar refractivity (Wildman–Crippen MR) is 95.4 cm³/mol. The number of rotatable bonds is 4. The van der Waals surface area contributed by atoms with Gasteiger partial charge in [-0.3, -0.25) is 9.69 Å². The molecule has 0 spiro atoms. The summed E-state index contributed by atoms with van der Waals surface area (Å²) >= 11 is 0. The molecule has 0 radical (unpaired) electrons. The first-order valence-corrected chi connectivity index (χ1v) is 8.73. The average molecular weight is 310 g/mol. The van der Waals surface area contributed by atoms with E-state index in [0.717, 1.165) is 13.1 Å². The van der Waals surface area contributed by atoms with Crippen LogP contribution in [-0.2, 0) is 4.79 Å². The topological polar surface area (TPSA) is 32.3 Å². The van der Waals surface area contributed by atoms with Crippen molar-refractivity contribution in [2.75, 3.05) is 19.6 Å².